The van der Waals surface area contributed by atoms with Crippen molar-refractivity contribution in [3.8, 4) is 0 Å². The minimum Gasteiger partial charge on any atom is -0.370 e. The Bertz CT molecular complexity index is 128. The summed E-state index contributed by atoms with van der Waals surface area (Å²) in [5.74, 6) is 0.249. The lowest BCUT2D eigenvalue weighted by Crippen LogP contribution is -2.24. The van der Waals surface area contributed by atoms with Gasteiger partial charge < -0.3 is 4.74 Å². The van der Waals surface area contributed by atoms with Gasteiger partial charge in [-0.2, -0.15) is 0 Å². The summed E-state index contributed by atoms with van der Waals surface area (Å²) in [6.45, 7) is 2.36. The monoisotopic (exact) mass is 156 g/mol. The van der Waals surface area contributed by atoms with Gasteiger partial charge >= 0.3 is 0 Å². The standard InChI is InChI=1S/C9H16O2/c1-2-4-8(10)7-11-9-5-3-6-9/h9H,2-7H2,1H3. The highest BCUT2D eigenvalue weighted by molar-refractivity contribution is 5.79. The molecule has 0 aromatic rings. The van der Waals surface area contributed by atoms with Gasteiger partial charge in [0.15, 0.2) is 5.78 Å². The van der Waals surface area contributed by atoms with Gasteiger partial charge in [-0.05, 0) is 25.7 Å². The van der Waals surface area contributed by atoms with Gasteiger partial charge in [0, 0.05) is 6.42 Å². The predicted molar refractivity (Wildman–Crippen MR) is 43.5 cm³/mol. The molecule has 0 atom stereocenters. The average molecular weight is 156 g/mol. The van der Waals surface area contributed by atoms with E-state index in [1.165, 1.54) is 6.42 Å². The van der Waals surface area contributed by atoms with Gasteiger partial charge in [0.05, 0.1) is 6.10 Å². The molecule has 64 valence electrons. The Balaban J connectivity index is 1.96. The molecule has 0 aromatic carbocycles. The fraction of sp³-hybridized carbons (Fsp3) is 0.889. The van der Waals surface area contributed by atoms with E-state index in [-0.39, 0.29) is 5.78 Å². The van der Waals surface area contributed by atoms with Crippen LogP contribution in [0.2, 0.25) is 0 Å². The molecule has 0 saturated heterocycles. The molecule has 0 bridgehead atoms. The van der Waals surface area contributed by atoms with Gasteiger partial charge in [-0.3, -0.25) is 4.79 Å². The average Bonchev–Trinajstić information content (AvgIpc) is 1.85. The van der Waals surface area contributed by atoms with Crippen LogP contribution in [0.4, 0.5) is 0 Å². The summed E-state index contributed by atoms with van der Waals surface area (Å²) in [5, 5.41) is 0. The van der Waals surface area contributed by atoms with Crippen LogP contribution in [0.1, 0.15) is 39.0 Å². The number of hydrogen-bond donors (Lipinski definition) is 0. The van der Waals surface area contributed by atoms with Crippen LogP contribution in [0.15, 0.2) is 0 Å². The summed E-state index contributed by atoms with van der Waals surface area (Å²) in [6, 6.07) is 0. The van der Waals surface area contributed by atoms with E-state index in [0.717, 1.165) is 19.3 Å². The maximum Gasteiger partial charge on any atom is 0.158 e. The smallest absolute Gasteiger partial charge is 0.158 e. The quantitative estimate of drug-likeness (QED) is 0.608. The molecule has 0 radical (unpaired) electrons. The van der Waals surface area contributed by atoms with Gasteiger partial charge in [0.2, 0.25) is 0 Å². The second-order valence-electron chi connectivity index (χ2n) is 3.15. The molecule has 1 aliphatic carbocycles. The van der Waals surface area contributed by atoms with Crippen molar-refractivity contribution in [3.05, 3.63) is 0 Å². The lowest BCUT2D eigenvalue weighted by Gasteiger charge is -2.24. The molecule has 0 aliphatic heterocycles. The van der Waals surface area contributed by atoms with E-state index in [0.29, 0.717) is 19.1 Å². The summed E-state index contributed by atoms with van der Waals surface area (Å²) < 4.78 is 5.34. The van der Waals surface area contributed by atoms with E-state index < -0.39 is 0 Å². The van der Waals surface area contributed by atoms with Crippen molar-refractivity contribution in [2.45, 2.75) is 45.1 Å². The fourth-order valence-corrected chi connectivity index (χ4v) is 1.10. The normalized spacial score (nSPS) is 17.9. The second kappa shape index (κ2) is 4.50. The Labute approximate surface area is 67.9 Å². The molecule has 0 heterocycles. The Morgan fingerprint density at radius 3 is 2.73 bits per heavy atom. The minimum atomic E-state index is 0.249. The summed E-state index contributed by atoms with van der Waals surface area (Å²) >= 11 is 0. The number of Topliss-reactive ketones (excluding diaryl/α,β-unsaturated/α-hetero) is 1. The molecule has 2 nitrogen and oxygen atoms in total. The number of rotatable bonds is 5. The van der Waals surface area contributed by atoms with Crippen LogP contribution in [0.3, 0.4) is 0 Å². The molecule has 0 N–H and O–H groups in total. The topological polar surface area (TPSA) is 26.3 Å². The van der Waals surface area contributed by atoms with E-state index in [4.69, 9.17) is 4.74 Å². The zero-order valence-electron chi connectivity index (χ0n) is 7.14. The van der Waals surface area contributed by atoms with Gasteiger partial charge in [-0.1, -0.05) is 6.92 Å². The first-order valence-electron chi connectivity index (χ1n) is 4.46. The number of carbonyl (C=O) groups is 1. The number of ketones is 1. The Hall–Kier alpha value is -0.370. The molecule has 0 unspecified atom stereocenters. The molecule has 1 aliphatic rings. The highest BCUT2D eigenvalue weighted by atomic mass is 16.5. The molecule has 0 amide bonds. The van der Waals surface area contributed by atoms with Gasteiger partial charge in [0.1, 0.15) is 6.61 Å². The lowest BCUT2D eigenvalue weighted by atomic mass is 9.96. The summed E-state index contributed by atoms with van der Waals surface area (Å²) in [4.78, 5) is 11.0. The molecule has 1 rings (SSSR count). The number of ether oxygens (including phenoxy) is 1. The summed E-state index contributed by atoms with van der Waals surface area (Å²) in [7, 11) is 0. The third-order valence-electron chi connectivity index (χ3n) is 2.06. The van der Waals surface area contributed by atoms with E-state index in [2.05, 4.69) is 0 Å². The van der Waals surface area contributed by atoms with E-state index in [1.54, 1.807) is 0 Å². The van der Waals surface area contributed by atoms with Crippen molar-refractivity contribution in [2.24, 2.45) is 0 Å². The van der Waals surface area contributed by atoms with Crippen LogP contribution < -0.4 is 0 Å². The first kappa shape index (κ1) is 8.72. The molecule has 1 fully saturated rings. The van der Waals surface area contributed by atoms with Crippen LogP contribution in [0, 0.1) is 0 Å². The van der Waals surface area contributed by atoms with Crippen molar-refractivity contribution in [1.29, 1.82) is 0 Å². The van der Waals surface area contributed by atoms with Crippen molar-refractivity contribution >= 4 is 5.78 Å². The molecular formula is C9H16O2. The van der Waals surface area contributed by atoms with Crippen LogP contribution in [0.25, 0.3) is 0 Å². The number of carbonyl (C=O) groups excluding carboxylic acids is 1. The molecule has 0 spiro atoms. The Kier molecular flexibility index (Phi) is 3.57. The molecule has 2 heteroatoms. The van der Waals surface area contributed by atoms with E-state index in [1.807, 2.05) is 6.92 Å². The number of hydrogen-bond acceptors (Lipinski definition) is 2. The third kappa shape index (κ3) is 3.02. The summed E-state index contributed by atoms with van der Waals surface area (Å²) in [5.41, 5.74) is 0. The zero-order chi connectivity index (χ0) is 8.10. The summed E-state index contributed by atoms with van der Waals surface area (Å²) in [6.07, 6.45) is 5.58. The van der Waals surface area contributed by atoms with Crippen molar-refractivity contribution in [1.82, 2.24) is 0 Å². The maximum atomic E-state index is 11.0. The first-order chi connectivity index (χ1) is 5.33. The molecular weight excluding hydrogens is 140 g/mol. The lowest BCUT2D eigenvalue weighted by molar-refractivity contribution is -0.127. The third-order valence-corrected chi connectivity index (χ3v) is 2.06. The van der Waals surface area contributed by atoms with Crippen molar-refractivity contribution < 1.29 is 9.53 Å². The Morgan fingerprint density at radius 2 is 2.27 bits per heavy atom. The SMILES string of the molecule is CCCC(=O)COC1CCC1. The van der Waals surface area contributed by atoms with Gasteiger partial charge in [-0.15, -0.1) is 0 Å². The fourth-order valence-electron chi connectivity index (χ4n) is 1.10. The Morgan fingerprint density at radius 1 is 1.55 bits per heavy atom. The molecule has 1 saturated carbocycles. The highest BCUT2D eigenvalue weighted by Gasteiger charge is 2.18. The van der Waals surface area contributed by atoms with Crippen molar-refractivity contribution in [2.75, 3.05) is 6.61 Å². The van der Waals surface area contributed by atoms with E-state index in [9.17, 15) is 4.79 Å². The molecule has 0 aromatic heterocycles. The minimum absolute atomic E-state index is 0.249. The van der Waals surface area contributed by atoms with Crippen LogP contribution in [-0.4, -0.2) is 18.5 Å². The van der Waals surface area contributed by atoms with Gasteiger partial charge in [-0.25, -0.2) is 0 Å². The zero-order valence-corrected chi connectivity index (χ0v) is 7.14. The maximum absolute atomic E-state index is 11.0. The highest BCUT2D eigenvalue weighted by Crippen LogP contribution is 2.21. The van der Waals surface area contributed by atoms with Crippen LogP contribution in [0.5, 0.6) is 0 Å². The van der Waals surface area contributed by atoms with Crippen LogP contribution in [-0.2, 0) is 9.53 Å². The second-order valence-corrected chi connectivity index (χ2v) is 3.15. The largest absolute Gasteiger partial charge is 0.370 e. The predicted octanol–water partition coefficient (Wildman–Crippen LogP) is 1.92. The van der Waals surface area contributed by atoms with Crippen LogP contribution >= 0.6 is 0 Å². The molecule has 11 heavy (non-hydrogen) atoms. The van der Waals surface area contributed by atoms with E-state index >= 15 is 0 Å². The first-order valence-corrected chi connectivity index (χ1v) is 4.46. The van der Waals surface area contributed by atoms with Crippen molar-refractivity contribution in [3.63, 3.8) is 0 Å². The van der Waals surface area contributed by atoms with Gasteiger partial charge in [0.25, 0.3) is 0 Å².